The molecule has 0 fully saturated rings. The van der Waals surface area contributed by atoms with Crippen molar-refractivity contribution in [1.82, 2.24) is 10.6 Å². The first-order chi connectivity index (χ1) is 9.13. The normalized spacial score (nSPS) is 11.8. The van der Waals surface area contributed by atoms with Crippen molar-refractivity contribution in [1.29, 1.82) is 0 Å². The van der Waals surface area contributed by atoms with Crippen molar-refractivity contribution < 1.29 is 14.7 Å². The molecule has 0 saturated heterocycles. The predicted octanol–water partition coefficient (Wildman–Crippen LogP) is 1.80. The van der Waals surface area contributed by atoms with Gasteiger partial charge in [0.15, 0.2) is 0 Å². The fraction of sp³-hybridized carbons (Fsp3) is 0.500. The van der Waals surface area contributed by atoms with Crippen LogP contribution in [0.2, 0.25) is 0 Å². The Morgan fingerprint density at radius 2 is 2.32 bits per heavy atom. The third-order valence-electron chi connectivity index (χ3n) is 2.45. The molecule has 0 saturated carbocycles. The van der Waals surface area contributed by atoms with E-state index in [1.54, 1.807) is 23.1 Å². The first-order valence-electron chi connectivity index (χ1n) is 5.92. The highest BCUT2D eigenvalue weighted by molar-refractivity contribution is 7.98. The molecule has 1 aromatic rings. The van der Waals surface area contributed by atoms with Gasteiger partial charge in [0.1, 0.15) is 6.04 Å². The van der Waals surface area contributed by atoms with Gasteiger partial charge in [-0.15, -0.1) is 11.3 Å². The summed E-state index contributed by atoms with van der Waals surface area (Å²) in [6.45, 7) is 0.501. The van der Waals surface area contributed by atoms with Crippen LogP contribution < -0.4 is 10.6 Å². The number of hydrogen-bond donors (Lipinski definition) is 3. The van der Waals surface area contributed by atoms with E-state index >= 15 is 0 Å². The lowest BCUT2D eigenvalue weighted by molar-refractivity contribution is -0.139. The average Bonchev–Trinajstić information content (AvgIpc) is 2.87. The molecule has 2 amide bonds. The predicted molar refractivity (Wildman–Crippen MR) is 79.0 cm³/mol. The molecule has 5 nitrogen and oxygen atoms in total. The first kappa shape index (κ1) is 15.8. The highest BCUT2D eigenvalue weighted by Gasteiger charge is 2.18. The molecule has 0 aliphatic heterocycles. The highest BCUT2D eigenvalue weighted by Crippen LogP contribution is 2.08. The lowest BCUT2D eigenvalue weighted by Gasteiger charge is -2.14. The number of thioether (sulfide) groups is 1. The van der Waals surface area contributed by atoms with Gasteiger partial charge < -0.3 is 15.7 Å². The minimum absolute atomic E-state index is 0.425. The molecule has 0 aliphatic rings. The van der Waals surface area contributed by atoms with Crippen molar-refractivity contribution in [2.45, 2.75) is 18.9 Å². The molecule has 0 radical (unpaired) electrons. The Labute approximate surface area is 120 Å². The van der Waals surface area contributed by atoms with E-state index in [4.69, 9.17) is 5.11 Å². The van der Waals surface area contributed by atoms with Crippen molar-refractivity contribution in [3.05, 3.63) is 22.4 Å². The maximum atomic E-state index is 11.6. The van der Waals surface area contributed by atoms with Crippen molar-refractivity contribution in [2.24, 2.45) is 0 Å². The number of aliphatic carboxylic acids is 1. The fourth-order valence-corrected chi connectivity index (χ4v) is 2.64. The van der Waals surface area contributed by atoms with Crippen LogP contribution in [0.25, 0.3) is 0 Å². The molecule has 0 aromatic carbocycles. The molecule has 1 rings (SSSR count). The van der Waals surface area contributed by atoms with Crippen molar-refractivity contribution >= 4 is 35.1 Å². The number of carbonyl (C=O) groups is 2. The molecule has 0 bridgehead atoms. The Kier molecular flexibility index (Phi) is 7.35. The van der Waals surface area contributed by atoms with Gasteiger partial charge in [-0.1, -0.05) is 6.07 Å². The number of urea groups is 1. The summed E-state index contributed by atoms with van der Waals surface area (Å²) >= 11 is 3.19. The Hall–Kier alpha value is -1.21. The van der Waals surface area contributed by atoms with Gasteiger partial charge in [0.25, 0.3) is 0 Å². The van der Waals surface area contributed by atoms with Gasteiger partial charge in [-0.05, 0) is 36.3 Å². The molecule has 0 spiro atoms. The first-order valence-corrected chi connectivity index (χ1v) is 8.19. The SMILES string of the molecule is CSCCC(NC(=O)NCCc1cccs1)C(=O)O. The zero-order valence-electron chi connectivity index (χ0n) is 10.7. The second kappa shape index (κ2) is 8.82. The van der Waals surface area contributed by atoms with Gasteiger partial charge in [0.2, 0.25) is 0 Å². The van der Waals surface area contributed by atoms with Crippen molar-refractivity contribution in [3.63, 3.8) is 0 Å². The van der Waals surface area contributed by atoms with Gasteiger partial charge in [-0.3, -0.25) is 0 Å². The van der Waals surface area contributed by atoms with E-state index in [1.165, 1.54) is 4.88 Å². The maximum Gasteiger partial charge on any atom is 0.326 e. The van der Waals surface area contributed by atoms with Crippen LogP contribution in [0.3, 0.4) is 0 Å². The largest absolute Gasteiger partial charge is 0.480 e. The molecule has 0 aliphatic carbocycles. The summed E-state index contributed by atoms with van der Waals surface area (Å²) < 4.78 is 0. The molecule has 1 heterocycles. The van der Waals surface area contributed by atoms with Gasteiger partial charge in [-0.25, -0.2) is 9.59 Å². The minimum atomic E-state index is -0.998. The van der Waals surface area contributed by atoms with E-state index in [0.717, 1.165) is 6.42 Å². The number of thiophene rings is 1. The molecular weight excluding hydrogens is 284 g/mol. The van der Waals surface area contributed by atoms with E-state index in [2.05, 4.69) is 10.6 Å². The lowest BCUT2D eigenvalue weighted by Crippen LogP contribution is -2.46. The van der Waals surface area contributed by atoms with Crippen LogP contribution in [0.1, 0.15) is 11.3 Å². The maximum absolute atomic E-state index is 11.6. The summed E-state index contributed by atoms with van der Waals surface area (Å²) in [4.78, 5) is 23.7. The van der Waals surface area contributed by atoms with E-state index in [0.29, 0.717) is 18.7 Å². The zero-order valence-corrected chi connectivity index (χ0v) is 12.4. The van der Waals surface area contributed by atoms with E-state index in [9.17, 15) is 9.59 Å². The number of rotatable bonds is 8. The van der Waals surface area contributed by atoms with Crippen LogP contribution in [0.15, 0.2) is 17.5 Å². The van der Waals surface area contributed by atoms with Crippen LogP contribution in [0.5, 0.6) is 0 Å². The highest BCUT2D eigenvalue weighted by atomic mass is 32.2. The van der Waals surface area contributed by atoms with Crippen LogP contribution in [0.4, 0.5) is 4.79 Å². The number of carbonyl (C=O) groups excluding carboxylic acids is 1. The number of amides is 2. The van der Waals surface area contributed by atoms with E-state index in [1.807, 2.05) is 23.8 Å². The van der Waals surface area contributed by atoms with Crippen LogP contribution in [-0.4, -0.2) is 41.7 Å². The number of carboxylic acid groups (broad SMARTS) is 1. The van der Waals surface area contributed by atoms with Gasteiger partial charge in [0, 0.05) is 11.4 Å². The van der Waals surface area contributed by atoms with Crippen molar-refractivity contribution in [3.8, 4) is 0 Å². The molecule has 1 aromatic heterocycles. The topological polar surface area (TPSA) is 78.4 Å². The molecule has 106 valence electrons. The van der Waals surface area contributed by atoms with Crippen molar-refractivity contribution in [2.75, 3.05) is 18.6 Å². The minimum Gasteiger partial charge on any atom is -0.480 e. The van der Waals surface area contributed by atoms with E-state index < -0.39 is 18.0 Å². The molecule has 19 heavy (non-hydrogen) atoms. The summed E-state index contributed by atoms with van der Waals surface area (Å²) in [7, 11) is 0. The lowest BCUT2D eigenvalue weighted by atomic mass is 10.2. The second-order valence-electron chi connectivity index (χ2n) is 3.90. The standard InChI is InChI=1S/C12H18N2O3S2/c1-18-8-5-10(11(15)16)14-12(17)13-6-4-9-3-2-7-19-9/h2-3,7,10H,4-6,8H2,1H3,(H,15,16)(H2,13,14,17). The quantitative estimate of drug-likeness (QED) is 0.684. The molecule has 3 N–H and O–H groups in total. The number of hydrogen-bond acceptors (Lipinski definition) is 4. The summed E-state index contributed by atoms with van der Waals surface area (Å²) in [5.74, 6) is -0.297. The van der Waals surface area contributed by atoms with Gasteiger partial charge in [-0.2, -0.15) is 11.8 Å². The van der Waals surface area contributed by atoms with E-state index in [-0.39, 0.29) is 0 Å². The average molecular weight is 302 g/mol. The summed E-state index contributed by atoms with van der Waals surface area (Å²) in [6.07, 6.45) is 3.09. The Bertz CT molecular complexity index is 396. The number of nitrogens with one attached hydrogen (secondary N) is 2. The Morgan fingerprint density at radius 3 is 2.89 bits per heavy atom. The van der Waals surface area contributed by atoms with Gasteiger partial charge in [0.05, 0.1) is 0 Å². The third kappa shape index (κ3) is 6.49. The zero-order chi connectivity index (χ0) is 14.1. The summed E-state index contributed by atoms with van der Waals surface area (Å²) in [5, 5.41) is 16.1. The molecular formula is C12H18N2O3S2. The second-order valence-corrected chi connectivity index (χ2v) is 5.92. The number of carboxylic acids is 1. The molecule has 1 atom stereocenters. The summed E-state index contributed by atoms with van der Waals surface area (Å²) in [6, 6.07) is 2.71. The summed E-state index contributed by atoms with van der Waals surface area (Å²) in [5.41, 5.74) is 0. The monoisotopic (exact) mass is 302 g/mol. The van der Waals surface area contributed by atoms with Crippen LogP contribution >= 0.6 is 23.1 Å². The Balaban J connectivity index is 2.25. The Morgan fingerprint density at radius 1 is 1.53 bits per heavy atom. The van der Waals surface area contributed by atoms with Crippen LogP contribution in [0, 0.1) is 0 Å². The third-order valence-corrected chi connectivity index (χ3v) is 4.03. The molecule has 7 heteroatoms. The fourth-order valence-electron chi connectivity index (χ4n) is 1.46. The smallest absolute Gasteiger partial charge is 0.326 e. The molecule has 1 unspecified atom stereocenters. The van der Waals surface area contributed by atoms with Crippen LogP contribution in [-0.2, 0) is 11.2 Å². The van der Waals surface area contributed by atoms with Gasteiger partial charge >= 0.3 is 12.0 Å².